The normalized spacial score (nSPS) is 13.5. The first-order valence-electron chi connectivity index (χ1n) is 9.99. The van der Waals surface area contributed by atoms with Gasteiger partial charge in [-0.3, -0.25) is 14.4 Å². The van der Waals surface area contributed by atoms with Crippen molar-refractivity contribution >= 4 is 23.7 Å². The summed E-state index contributed by atoms with van der Waals surface area (Å²) >= 11 is 0. The van der Waals surface area contributed by atoms with Gasteiger partial charge in [-0.25, -0.2) is 4.79 Å². The first-order chi connectivity index (χ1) is 14.8. The molecule has 9 N–H and O–H groups in total. The first kappa shape index (κ1) is 26.0. The summed E-state index contributed by atoms with van der Waals surface area (Å²) in [7, 11) is 0. The summed E-state index contributed by atoms with van der Waals surface area (Å²) < 4.78 is 0. The molecule has 31 heavy (non-hydrogen) atoms. The van der Waals surface area contributed by atoms with E-state index in [1.54, 1.807) is 30.3 Å². The number of carboxylic acid groups (broad SMARTS) is 1. The van der Waals surface area contributed by atoms with Gasteiger partial charge in [0.15, 0.2) is 0 Å². The average Bonchev–Trinajstić information content (AvgIpc) is 2.76. The molecule has 0 saturated heterocycles. The monoisotopic (exact) mass is 437 g/mol. The molecule has 3 unspecified atom stereocenters. The second kappa shape index (κ2) is 14.1. The molecule has 0 aliphatic heterocycles. The molecule has 1 rings (SSSR count). The highest BCUT2D eigenvalue weighted by Crippen LogP contribution is 2.06. The van der Waals surface area contributed by atoms with E-state index >= 15 is 0 Å². The van der Waals surface area contributed by atoms with E-state index in [-0.39, 0.29) is 12.8 Å². The number of unbranched alkanes of at least 4 members (excludes halogenated alkanes) is 1. The van der Waals surface area contributed by atoms with Crippen molar-refractivity contribution in [2.24, 2.45) is 11.5 Å². The topological polar surface area (TPSA) is 197 Å². The maximum absolute atomic E-state index is 12.7. The number of benzene rings is 1. The maximum atomic E-state index is 12.7. The van der Waals surface area contributed by atoms with Gasteiger partial charge in [0.05, 0.1) is 13.2 Å². The summed E-state index contributed by atoms with van der Waals surface area (Å²) in [4.78, 5) is 48.1. The third kappa shape index (κ3) is 10.0. The van der Waals surface area contributed by atoms with E-state index in [2.05, 4.69) is 16.0 Å². The number of nitrogens with one attached hydrogen (secondary N) is 3. The summed E-state index contributed by atoms with van der Waals surface area (Å²) in [6.07, 6.45) is 1.48. The van der Waals surface area contributed by atoms with Gasteiger partial charge >= 0.3 is 5.97 Å². The lowest BCUT2D eigenvalue weighted by atomic mass is 10.0. The van der Waals surface area contributed by atoms with Crippen LogP contribution in [-0.4, -0.2) is 71.7 Å². The van der Waals surface area contributed by atoms with Crippen LogP contribution in [0.4, 0.5) is 0 Å². The van der Waals surface area contributed by atoms with Crippen LogP contribution in [0, 0.1) is 0 Å². The molecule has 0 bridgehead atoms. The molecule has 1 aromatic rings. The van der Waals surface area contributed by atoms with E-state index in [9.17, 15) is 24.3 Å². The highest BCUT2D eigenvalue weighted by atomic mass is 16.4. The van der Waals surface area contributed by atoms with Crippen molar-refractivity contribution in [3.8, 4) is 0 Å². The predicted molar refractivity (Wildman–Crippen MR) is 113 cm³/mol. The highest BCUT2D eigenvalue weighted by Gasteiger charge is 2.26. The highest BCUT2D eigenvalue weighted by molar-refractivity contribution is 5.92. The molecule has 0 spiro atoms. The van der Waals surface area contributed by atoms with Crippen molar-refractivity contribution in [1.82, 2.24) is 16.0 Å². The fourth-order valence-corrected chi connectivity index (χ4v) is 2.71. The van der Waals surface area contributed by atoms with E-state index in [0.29, 0.717) is 19.4 Å². The molecule has 0 aliphatic rings. The minimum atomic E-state index is -1.20. The molecular formula is C20H31N5O6. The number of carbonyl (C=O) groups is 4. The largest absolute Gasteiger partial charge is 0.480 e. The van der Waals surface area contributed by atoms with E-state index in [0.717, 1.165) is 5.56 Å². The zero-order valence-electron chi connectivity index (χ0n) is 17.3. The molecule has 0 fully saturated rings. The summed E-state index contributed by atoms with van der Waals surface area (Å²) in [5.41, 5.74) is 11.6. The molecule has 0 saturated carbocycles. The Morgan fingerprint density at radius 3 is 2.23 bits per heavy atom. The molecule has 0 radical (unpaired) electrons. The number of amides is 3. The zero-order chi connectivity index (χ0) is 23.2. The van der Waals surface area contributed by atoms with Gasteiger partial charge in [0.2, 0.25) is 17.7 Å². The van der Waals surface area contributed by atoms with Crippen LogP contribution < -0.4 is 27.4 Å². The lowest BCUT2D eigenvalue weighted by molar-refractivity contribution is -0.142. The summed E-state index contributed by atoms with van der Waals surface area (Å²) in [6, 6.07) is 5.50. The fourth-order valence-electron chi connectivity index (χ4n) is 2.71. The Bertz CT molecular complexity index is 730. The number of carboxylic acids is 1. The molecule has 11 nitrogen and oxygen atoms in total. The Balaban J connectivity index is 2.75. The second-order valence-corrected chi connectivity index (χ2v) is 7.00. The lowest BCUT2D eigenvalue weighted by Crippen LogP contribution is -2.54. The third-order valence-electron chi connectivity index (χ3n) is 4.45. The predicted octanol–water partition coefficient (Wildman–Crippen LogP) is -2.15. The van der Waals surface area contributed by atoms with Crippen molar-refractivity contribution in [2.75, 3.05) is 19.7 Å². The first-order valence-corrected chi connectivity index (χ1v) is 9.99. The Morgan fingerprint density at radius 1 is 0.968 bits per heavy atom. The number of nitrogens with two attached hydrogens (primary N) is 2. The summed E-state index contributed by atoms with van der Waals surface area (Å²) in [6.45, 7) is -0.613. The van der Waals surface area contributed by atoms with Crippen LogP contribution in [0.2, 0.25) is 0 Å². The Morgan fingerprint density at radius 2 is 1.65 bits per heavy atom. The van der Waals surface area contributed by atoms with Crippen LogP contribution in [0.5, 0.6) is 0 Å². The van der Waals surface area contributed by atoms with E-state index < -0.39 is 55.0 Å². The van der Waals surface area contributed by atoms with Gasteiger partial charge in [-0.1, -0.05) is 30.3 Å². The van der Waals surface area contributed by atoms with E-state index in [1.165, 1.54) is 0 Å². The molecule has 3 atom stereocenters. The van der Waals surface area contributed by atoms with Gasteiger partial charge in [-0.2, -0.15) is 0 Å². The number of carbonyl (C=O) groups excluding carboxylic acids is 3. The molecule has 3 amide bonds. The van der Waals surface area contributed by atoms with E-state index in [1.807, 2.05) is 0 Å². The number of hydrogen-bond acceptors (Lipinski definition) is 7. The van der Waals surface area contributed by atoms with Gasteiger partial charge in [-0.15, -0.1) is 0 Å². The quantitative estimate of drug-likeness (QED) is 0.160. The molecule has 0 aromatic heterocycles. The Hall–Kier alpha value is -3.02. The summed E-state index contributed by atoms with van der Waals surface area (Å²) in [5.74, 6) is -3.21. The minimum absolute atomic E-state index is 0.0838. The van der Waals surface area contributed by atoms with Crippen molar-refractivity contribution in [2.45, 2.75) is 43.8 Å². The average molecular weight is 437 g/mol. The van der Waals surface area contributed by atoms with Crippen molar-refractivity contribution in [1.29, 1.82) is 0 Å². The Kier molecular flexibility index (Phi) is 11.8. The van der Waals surface area contributed by atoms with Crippen molar-refractivity contribution in [3.63, 3.8) is 0 Å². The molecule has 0 aliphatic carbocycles. The smallest absolute Gasteiger partial charge is 0.326 e. The van der Waals surface area contributed by atoms with Gasteiger partial charge in [0, 0.05) is 6.42 Å². The third-order valence-corrected chi connectivity index (χ3v) is 4.45. The van der Waals surface area contributed by atoms with Gasteiger partial charge in [0.25, 0.3) is 0 Å². The number of aliphatic hydroxyl groups is 1. The number of aliphatic hydroxyl groups excluding tert-OH is 1. The zero-order valence-corrected chi connectivity index (χ0v) is 17.3. The van der Waals surface area contributed by atoms with Crippen LogP contribution in [0.15, 0.2) is 30.3 Å². The lowest BCUT2D eigenvalue weighted by Gasteiger charge is -2.22. The SMILES string of the molecule is NCCCCC(NC(=O)CNC(=O)C(N)CO)C(=O)NC(Cc1ccccc1)C(=O)O. The van der Waals surface area contributed by atoms with Crippen LogP contribution in [0.3, 0.4) is 0 Å². The Labute approximate surface area is 180 Å². The fraction of sp³-hybridized carbons (Fsp3) is 0.500. The van der Waals surface area contributed by atoms with Crippen molar-refractivity contribution < 1.29 is 29.4 Å². The van der Waals surface area contributed by atoms with Gasteiger partial charge < -0.3 is 37.6 Å². The molecule has 11 heteroatoms. The maximum Gasteiger partial charge on any atom is 0.326 e. The molecule has 0 heterocycles. The number of rotatable bonds is 14. The number of hydrogen-bond donors (Lipinski definition) is 7. The van der Waals surface area contributed by atoms with E-state index in [4.69, 9.17) is 16.6 Å². The van der Waals surface area contributed by atoms with Gasteiger partial charge in [0.1, 0.15) is 18.1 Å². The standard InChI is InChI=1S/C20H31N5O6/c21-9-5-4-8-15(24-17(27)11-23-18(28)14(22)12-26)19(29)25-16(20(30)31)10-13-6-2-1-3-7-13/h1-3,6-7,14-16,26H,4-5,8-12,21-22H2,(H,23,28)(H,24,27)(H,25,29)(H,30,31). The number of aliphatic carboxylic acids is 1. The van der Waals surface area contributed by atoms with Crippen LogP contribution in [0.25, 0.3) is 0 Å². The molecular weight excluding hydrogens is 406 g/mol. The minimum Gasteiger partial charge on any atom is -0.480 e. The van der Waals surface area contributed by atoms with Crippen LogP contribution in [0.1, 0.15) is 24.8 Å². The molecule has 1 aromatic carbocycles. The van der Waals surface area contributed by atoms with Crippen LogP contribution >= 0.6 is 0 Å². The summed E-state index contributed by atoms with van der Waals surface area (Å²) in [5, 5.41) is 25.5. The second-order valence-electron chi connectivity index (χ2n) is 7.00. The van der Waals surface area contributed by atoms with Gasteiger partial charge in [-0.05, 0) is 31.4 Å². The van der Waals surface area contributed by atoms with Crippen LogP contribution in [-0.2, 0) is 25.6 Å². The molecule has 172 valence electrons. The van der Waals surface area contributed by atoms with Crippen molar-refractivity contribution in [3.05, 3.63) is 35.9 Å².